The van der Waals surface area contributed by atoms with Crippen LogP contribution in [-0.2, 0) is 23.1 Å². The minimum absolute atomic E-state index is 0.319. The van der Waals surface area contributed by atoms with Crippen LogP contribution in [-0.4, -0.2) is 26.8 Å². The first-order valence-corrected chi connectivity index (χ1v) is 9.47. The molecule has 0 atom stereocenters. The Labute approximate surface area is 138 Å². The second kappa shape index (κ2) is 7.02. The maximum Gasteiger partial charge on any atom is 0.243 e. The molecule has 7 heteroatoms. The molecule has 4 nitrogen and oxygen atoms in total. The second-order valence-corrected chi connectivity index (χ2v) is 9.03. The monoisotopic (exact) mass is 388 g/mol. The van der Waals surface area contributed by atoms with Crippen LogP contribution in [0.4, 0.5) is 0 Å². The average Bonchev–Trinajstić information content (AvgIpc) is 2.85. The smallest absolute Gasteiger partial charge is 0.243 e. The largest absolute Gasteiger partial charge is 0.316 e. The highest BCUT2D eigenvalue weighted by atomic mass is 79.9. The van der Waals surface area contributed by atoms with Gasteiger partial charge < -0.3 is 5.32 Å². The first-order chi connectivity index (χ1) is 9.93. The highest BCUT2D eigenvalue weighted by Gasteiger charge is 2.21. The van der Waals surface area contributed by atoms with Gasteiger partial charge in [-0.15, -0.1) is 11.3 Å². The Morgan fingerprint density at radius 1 is 1.24 bits per heavy atom. The van der Waals surface area contributed by atoms with Crippen molar-refractivity contribution in [1.29, 1.82) is 0 Å². The Hall–Kier alpha value is -0.730. The second-order valence-electron chi connectivity index (χ2n) is 4.69. The molecule has 0 unspecified atom stereocenters. The van der Waals surface area contributed by atoms with E-state index in [1.807, 2.05) is 30.6 Å². The fourth-order valence-corrected chi connectivity index (χ4v) is 4.29. The molecule has 2 aromatic rings. The molecule has 0 fully saturated rings. The van der Waals surface area contributed by atoms with Crippen molar-refractivity contribution in [2.45, 2.75) is 18.0 Å². The molecule has 1 N–H and O–H groups in total. The molecule has 114 valence electrons. The van der Waals surface area contributed by atoms with Crippen LogP contribution in [0.25, 0.3) is 0 Å². The van der Waals surface area contributed by atoms with Gasteiger partial charge in [0.25, 0.3) is 0 Å². The number of thiophene rings is 1. The number of nitrogens with one attached hydrogen (secondary N) is 1. The molecule has 1 heterocycles. The molecule has 0 aliphatic rings. The Kier molecular flexibility index (Phi) is 5.56. The van der Waals surface area contributed by atoms with E-state index >= 15 is 0 Å². The third-order valence-electron chi connectivity index (χ3n) is 3.04. The minimum atomic E-state index is -3.46. The van der Waals surface area contributed by atoms with E-state index in [9.17, 15) is 8.42 Å². The summed E-state index contributed by atoms with van der Waals surface area (Å²) in [6.07, 6.45) is 0. The standard InChI is InChI=1S/C14H17BrN2O2S2/c1-16-8-11-3-5-13(6-4-11)21(18,19)17(2)9-12-7-14(15)20-10-12/h3-7,10,16H,8-9H2,1-2H3. The fraction of sp³-hybridized carbons (Fsp3) is 0.286. The van der Waals surface area contributed by atoms with Crippen molar-refractivity contribution in [3.8, 4) is 0 Å². The van der Waals surface area contributed by atoms with Crippen molar-refractivity contribution in [1.82, 2.24) is 9.62 Å². The van der Waals surface area contributed by atoms with Gasteiger partial charge in [0.15, 0.2) is 0 Å². The molecule has 1 aromatic heterocycles. The van der Waals surface area contributed by atoms with Gasteiger partial charge in [0.05, 0.1) is 8.68 Å². The van der Waals surface area contributed by atoms with Gasteiger partial charge in [0.2, 0.25) is 10.0 Å². The number of rotatable bonds is 6. The number of nitrogens with zero attached hydrogens (tertiary/aromatic N) is 1. The van der Waals surface area contributed by atoms with Gasteiger partial charge >= 0.3 is 0 Å². The fourth-order valence-electron chi connectivity index (χ4n) is 1.93. The average molecular weight is 389 g/mol. The van der Waals surface area contributed by atoms with Crippen LogP contribution >= 0.6 is 27.3 Å². The van der Waals surface area contributed by atoms with Crippen molar-refractivity contribution >= 4 is 37.3 Å². The predicted octanol–water partition coefficient (Wildman–Crippen LogP) is 3.05. The third kappa shape index (κ3) is 4.14. The van der Waals surface area contributed by atoms with E-state index in [2.05, 4.69) is 21.2 Å². The van der Waals surface area contributed by atoms with Crippen LogP contribution < -0.4 is 5.32 Å². The predicted molar refractivity (Wildman–Crippen MR) is 89.9 cm³/mol. The van der Waals surface area contributed by atoms with Gasteiger partial charge in [-0.3, -0.25) is 0 Å². The maximum absolute atomic E-state index is 12.5. The summed E-state index contributed by atoms with van der Waals surface area (Å²) in [5.41, 5.74) is 2.03. The zero-order chi connectivity index (χ0) is 15.5. The lowest BCUT2D eigenvalue weighted by atomic mass is 10.2. The molecular weight excluding hydrogens is 372 g/mol. The molecule has 0 spiro atoms. The van der Waals surface area contributed by atoms with Crippen molar-refractivity contribution in [3.05, 3.63) is 50.6 Å². The first-order valence-electron chi connectivity index (χ1n) is 6.36. The zero-order valence-electron chi connectivity index (χ0n) is 11.8. The quantitative estimate of drug-likeness (QED) is 0.826. The number of hydrogen-bond acceptors (Lipinski definition) is 4. The summed E-state index contributed by atoms with van der Waals surface area (Å²) in [6.45, 7) is 1.09. The normalized spacial score (nSPS) is 12.0. The van der Waals surface area contributed by atoms with Crippen molar-refractivity contribution in [2.24, 2.45) is 0 Å². The van der Waals surface area contributed by atoms with Crippen molar-refractivity contribution in [2.75, 3.05) is 14.1 Å². The Bertz CT molecular complexity index is 696. The lowest BCUT2D eigenvalue weighted by Gasteiger charge is -2.16. The Balaban J connectivity index is 2.16. The molecule has 0 saturated carbocycles. The molecule has 2 rings (SSSR count). The van der Waals surface area contributed by atoms with E-state index < -0.39 is 10.0 Å². The van der Waals surface area contributed by atoms with E-state index in [1.165, 1.54) is 4.31 Å². The summed E-state index contributed by atoms with van der Waals surface area (Å²) >= 11 is 4.93. The highest BCUT2D eigenvalue weighted by molar-refractivity contribution is 9.11. The third-order valence-corrected chi connectivity index (χ3v) is 6.41. The van der Waals surface area contributed by atoms with Crippen LogP contribution in [0, 0.1) is 0 Å². The summed E-state index contributed by atoms with van der Waals surface area (Å²) in [5.74, 6) is 0. The Morgan fingerprint density at radius 3 is 2.43 bits per heavy atom. The molecule has 0 bridgehead atoms. The van der Waals surface area contributed by atoms with Crippen LogP contribution in [0.3, 0.4) is 0 Å². The summed E-state index contributed by atoms with van der Waals surface area (Å²) in [6, 6.07) is 8.91. The maximum atomic E-state index is 12.5. The molecular formula is C14H17BrN2O2S2. The summed E-state index contributed by atoms with van der Waals surface area (Å²) < 4.78 is 27.4. The van der Waals surface area contributed by atoms with E-state index in [1.54, 1.807) is 30.5 Å². The van der Waals surface area contributed by atoms with E-state index in [-0.39, 0.29) is 0 Å². The molecule has 0 aliphatic heterocycles. The lowest BCUT2D eigenvalue weighted by Crippen LogP contribution is -2.26. The van der Waals surface area contributed by atoms with Crippen molar-refractivity contribution < 1.29 is 8.42 Å². The van der Waals surface area contributed by atoms with Crippen LogP contribution in [0.5, 0.6) is 0 Å². The molecule has 0 saturated heterocycles. The van der Waals surface area contributed by atoms with Gasteiger partial charge in [0, 0.05) is 20.1 Å². The first kappa shape index (κ1) is 16.6. The van der Waals surface area contributed by atoms with Gasteiger partial charge in [0.1, 0.15) is 0 Å². The molecule has 0 amide bonds. The van der Waals surface area contributed by atoms with Gasteiger partial charge in [-0.05, 0) is 57.7 Å². The lowest BCUT2D eigenvalue weighted by molar-refractivity contribution is 0.467. The van der Waals surface area contributed by atoms with E-state index in [0.29, 0.717) is 11.4 Å². The minimum Gasteiger partial charge on any atom is -0.316 e. The van der Waals surface area contributed by atoms with E-state index in [4.69, 9.17) is 0 Å². The van der Waals surface area contributed by atoms with Gasteiger partial charge in [-0.25, -0.2) is 8.42 Å². The van der Waals surface area contributed by atoms with Gasteiger partial charge in [-0.1, -0.05) is 12.1 Å². The molecule has 0 aliphatic carbocycles. The molecule has 0 radical (unpaired) electrons. The van der Waals surface area contributed by atoms with Crippen LogP contribution in [0.15, 0.2) is 44.4 Å². The molecule has 21 heavy (non-hydrogen) atoms. The SMILES string of the molecule is CNCc1ccc(S(=O)(=O)N(C)Cc2csc(Br)c2)cc1. The highest BCUT2D eigenvalue weighted by Crippen LogP contribution is 2.23. The van der Waals surface area contributed by atoms with Crippen LogP contribution in [0.2, 0.25) is 0 Å². The summed E-state index contributed by atoms with van der Waals surface area (Å²) in [7, 11) is 0.000794. The molecule has 1 aromatic carbocycles. The number of hydrogen-bond donors (Lipinski definition) is 1. The number of halogens is 1. The van der Waals surface area contributed by atoms with Gasteiger partial charge in [-0.2, -0.15) is 4.31 Å². The number of sulfonamides is 1. The van der Waals surface area contributed by atoms with E-state index in [0.717, 1.165) is 21.5 Å². The summed E-state index contributed by atoms with van der Waals surface area (Å²) in [4.78, 5) is 0.319. The number of benzene rings is 1. The van der Waals surface area contributed by atoms with Crippen molar-refractivity contribution in [3.63, 3.8) is 0 Å². The summed E-state index contributed by atoms with van der Waals surface area (Å²) in [5, 5.41) is 4.99. The van der Waals surface area contributed by atoms with Crippen LogP contribution in [0.1, 0.15) is 11.1 Å². The topological polar surface area (TPSA) is 49.4 Å². The zero-order valence-corrected chi connectivity index (χ0v) is 15.1. The Morgan fingerprint density at radius 2 is 1.90 bits per heavy atom.